The smallest absolute Gasteiger partial charge is 0.109 e. The van der Waals surface area contributed by atoms with Crippen LogP contribution in [0.15, 0.2) is 18.2 Å². The predicted octanol–water partition coefficient (Wildman–Crippen LogP) is 2.61. The van der Waals surface area contributed by atoms with Crippen LogP contribution in [0.2, 0.25) is 0 Å². The molecule has 0 bridgehead atoms. The number of aryl methyl sites for hydroxylation is 1. The molecule has 98 valence electrons. The second kappa shape index (κ2) is 5.87. The first-order chi connectivity index (χ1) is 8.76. The van der Waals surface area contributed by atoms with Crippen LogP contribution >= 0.6 is 0 Å². The lowest BCUT2D eigenvalue weighted by Crippen LogP contribution is -2.09. The summed E-state index contributed by atoms with van der Waals surface area (Å²) in [6, 6.07) is 5.91. The monoisotopic (exact) mass is 247 g/mol. The number of hydrogen-bond donors (Lipinski definition) is 1. The van der Waals surface area contributed by atoms with Crippen molar-refractivity contribution in [3.8, 4) is 0 Å². The number of imidazole rings is 1. The Morgan fingerprint density at radius 1 is 1.33 bits per heavy atom. The zero-order chi connectivity index (χ0) is 13.0. The molecule has 1 aromatic heterocycles. The first-order valence-electron chi connectivity index (χ1n) is 6.58. The highest BCUT2D eigenvalue weighted by Crippen LogP contribution is 2.20. The van der Waals surface area contributed by atoms with Crippen molar-refractivity contribution in [2.24, 2.45) is 0 Å². The summed E-state index contributed by atoms with van der Waals surface area (Å²) in [7, 11) is 0. The number of benzene rings is 1. The number of nitrogens with zero attached hydrogens (tertiary/aromatic N) is 2. The standard InChI is InChI=1S/C14H21N3O/c1-3-5-14-16-12-10-11(15)6-7-13(12)17(14)8-9-18-4-2/h6-7,10H,3-5,8-9,15H2,1-2H3. The molecule has 1 heterocycles. The van der Waals surface area contributed by atoms with Crippen LogP contribution < -0.4 is 5.73 Å². The van der Waals surface area contributed by atoms with Gasteiger partial charge in [0.05, 0.1) is 17.6 Å². The van der Waals surface area contributed by atoms with Crippen molar-refractivity contribution in [2.45, 2.75) is 33.2 Å². The normalized spacial score (nSPS) is 11.2. The summed E-state index contributed by atoms with van der Waals surface area (Å²) in [5.74, 6) is 1.12. The molecule has 0 aliphatic heterocycles. The molecule has 0 aliphatic rings. The second-order valence-corrected chi connectivity index (χ2v) is 4.37. The van der Waals surface area contributed by atoms with Crippen molar-refractivity contribution in [2.75, 3.05) is 18.9 Å². The minimum absolute atomic E-state index is 0.725. The number of nitrogen functional groups attached to an aromatic ring is 1. The van der Waals surface area contributed by atoms with Crippen LogP contribution in [0.25, 0.3) is 11.0 Å². The van der Waals surface area contributed by atoms with Gasteiger partial charge < -0.3 is 15.0 Å². The first kappa shape index (κ1) is 12.9. The average Bonchev–Trinajstić information content (AvgIpc) is 2.67. The Kier molecular flexibility index (Phi) is 4.20. The molecular weight excluding hydrogens is 226 g/mol. The number of aromatic nitrogens is 2. The largest absolute Gasteiger partial charge is 0.399 e. The molecule has 18 heavy (non-hydrogen) atoms. The molecule has 2 rings (SSSR count). The van der Waals surface area contributed by atoms with Gasteiger partial charge in [-0.05, 0) is 31.5 Å². The Hall–Kier alpha value is -1.55. The van der Waals surface area contributed by atoms with Gasteiger partial charge in [0.2, 0.25) is 0 Å². The molecule has 1 aromatic carbocycles. The number of fused-ring (bicyclic) bond motifs is 1. The molecule has 0 saturated carbocycles. The third kappa shape index (κ3) is 2.64. The zero-order valence-electron chi connectivity index (χ0n) is 11.1. The van der Waals surface area contributed by atoms with Crippen molar-refractivity contribution >= 4 is 16.7 Å². The van der Waals surface area contributed by atoms with Gasteiger partial charge in [-0.15, -0.1) is 0 Å². The van der Waals surface area contributed by atoms with Crippen LogP contribution in [0.4, 0.5) is 5.69 Å². The molecule has 4 nitrogen and oxygen atoms in total. The third-order valence-corrected chi connectivity index (χ3v) is 2.99. The van der Waals surface area contributed by atoms with Crippen LogP contribution in [0.5, 0.6) is 0 Å². The number of ether oxygens (including phenoxy) is 1. The molecule has 0 spiro atoms. The van der Waals surface area contributed by atoms with Crippen molar-refractivity contribution in [3.63, 3.8) is 0 Å². The summed E-state index contributed by atoms with van der Waals surface area (Å²) in [6.45, 7) is 6.51. The zero-order valence-corrected chi connectivity index (χ0v) is 11.1. The summed E-state index contributed by atoms with van der Waals surface area (Å²) >= 11 is 0. The maximum atomic E-state index is 5.80. The fourth-order valence-electron chi connectivity index (χ4n) is 2.16. The van der Waals surface area contributed by atoms with Crippen LogP contribution in [0.3, 0.4) is 0 Å². The average molecular weight is 247 g/mol. The molecular formula is C14H21N3O. The van der Waals surface area contributed by atoms with Gasteiger partial charge in [0.15, 0.2) is 0 Å². The predicted molar refractivity (Wildman–Crippen MR) is 74.6 cm³/mol. The molecule has 0 atom stereocenters. The van der Waals surface area contributed by atoms with Crippen molar-refractivity contribution in [1.29, 1.82) is 0 Å². The highest BCUT2D eigenvalue weighted by atomic mass is 16.5. The van der Waals surface area contributed by atoms with E-state index in [0.717, 1.165) is 55.1 Å². The summed E-state index contributed by atoms with van der Waals surface area (Å²) in [6.07, 6.45) is 2.08. The maximum absolute atomic E-state index is 5.80. The van der Waals surface area contributed by atoms with Gasteiger partial charge >= 0.3 is 0 Å². The first-order valence-corrected chi connectivity index (χ1v) is 6.58. The van der Waals surface area contributed by atoms with E-state index in [4.69, 9.17) is 10.5 Å². The van der Waals surface area contributed by atoms with Gasteiger partial charge in [-0.1, -0.05) is 6.92 Å². The highest BCUT2D eigenvalue weighted by molar-refractivity contribution is 5.79. The maximum Gasteiger partial charge on any atom is 0.109 e. The lowest BCUT2D eigenvalue weighted by atomic mass is 10.3. The van der Waals surface area contributed by atoms with E-state index in [1.165, 1.54) is 0 Å². The number of hydrogen-bond acceptors (Lipinski definition) is 3. The number of rotatable bonds is 6. The molecule has 2 N–H and O–H groups in total. The molecule has 0 fully saturated rings. The number of nitrogens with two attached hydrogens (primary N) is 1. The van der Waals surface area contributed by atoms with E-state index < -0.39 is 0 Å². The minimum Gasteiger partial charge on any atom is -0.399 e. The van der Waals surface area contributed by atoms with E-state index >= 15 is 0 Å². The summed E-state index contributed by atoms with van der Waals surface area (Å²) < 4.78 is 7.68. The van der Waals surface area contributed by atoms with E-state index in [0.29, 0.717) is 0 Å². The Bertz CT molecular complexity index is 519. The Morgan fingerprint density at radius 2 is 2.17 bits per heavy atom. The third-order valence-electron chi connectivity index (χ3n) is 2.99. The van der Waals surface area contributed by atoms with Gasteiger partial charge in [0, 0.05) is 25.3 Å². The highest BCUT2D eigenvalue weighted by Gasteiger charge is 2.09. The second-order valence-electron chi connectivity index (χ2n) is 4.37. The molecule has 0 radical (unpaired) electrons. The van der Waals surface area contributed by atoms with Crippen LogP contribution in [-0.2, 0) is 17.7 Å². The fourth-order valence-corrected chi connectivity index (χ4v) is 2.16. The van der Waals surface area contributed by atoms with Crippen LogP contribution in [0.1, 0.15) is 26.1 Å². The molecule has 0 unspecified atom stereocenters. The van der Waals surface area contributed by atoms with Gasteiger partial charge in [-0.3, -0.25) is 0 Å². The Balaban J connectivity index is 2.35. The van der Waals surface area contributed by atoms with Crippen molar-refractivity contribution in [3.05, 3.63) is 24.0 Å². The minimum atomic E-state index is 0.725. The topological polar surface area (TPSA) is 53.1 Å². The number of anilines is 1. The van der Waals surface area contributed by atoms with E-state index in [1.807, 2.05) is 25.1 Å². The van der Waals surface area contributed by atoms with E-state index in [9.17, 15) is 0 Å². The van der Waals surface area contributed by atoms with Crippen LogP contribution in [0, 0.1) is 0 Å². The van der Waals surface area contributed by atoms with Gasteiger partial charge in [0.25, 0.3) is 0 Å². The lowest BCUT2D eigenvalue weighted by Gasteiger charge is -2.08. The SMILES string of the molecule is CCCc1nc2cc(N)ccc2n1CCOCC. The molecule has 0 aliphatic carbocycles. The molecule has 0 amide bonds. The Labute approximate surface area is 108 Å². The molecule has 2 aromatic rings. The van der Waals surface area contributed by atoms with Crippen LogP contribution in [-0.4, -0.2) is 22.8 Å². The Morgan fingerprint density at radius 3 is 2.89 bits per heavy atom. The van der Waals surface area contributed by atoms with Gasteiger partial charge in [-0.25, -0.2) is 4.98 Å². The van der Waals surface area contributed by atoms with E-state index in [-0.39, 0.29) is 0 Å². The quantitative estimate of drug-likeness (QED) is 0.630. The van der Waals surface area contributed by atoms with Gasteiger partial charge in [0.1, 0.15) is 5.82 Å². The van der Waals surface area contributed by atoms with Gasteiger partial charge in [-0.2, -0.15) is 0 Å². The van der Waals surface area contributed by atoms with E-state index in [1.54, 1.807) is 0 Å². The van der Waals surface area contributed by atoms with Crippen molar-refractivity contribution in [1.82, 2.24) is 9.55 Å². The molecule has 4 heteroatoms. The summed E-state index contributed by atoms with van der Waals surface area (Å²) in [5, 5.41) is 0. The lowest BCUT2D eigenvalue weighted by molar-refractivity contribution is 0.139. The summed E-state index contributed by atoms with van der Waals surface area (Å²) in [4.78, 5) is 4.67. The molecule has 0 saturated heterocycles. The fraction of sp³-hybridized carbons (Fsp3) is 0.500. The van der Waals surface area contributed by atoms with E-state index in [2.05, 4.69) is 16.5 Å². The summed E-state index contributed by atoms with van der Waals surface area (Å²) in [5.41, 5.74) is 8.70. The van der Waals surface area contributed by atoms with Crippen molar-refractivity contribution < 1.29 is 4.74 Å².